The van der Waals surface area contributed by atoms with E-state index in [-0.39, 0.29) is 24.3 Å². The first-order chi connectivity index (χ1) is 15.5. The molecule has 0 aromatic carbocycles. The van der Waals surface area contributed by atoms with Gasteiger partial charge in [-0.25, -0.2) is 0 Å². The Hall–Kier alpha value is -2.19. The molecule has 2 fully saturated rings. The summed E-state index contributed by atoms with van der Waals surface area (Å²) in [5, 5.41) is 10.1. The van der Waals surface area contributed by atoms with Crippen LogP contribution in [-0.4, -0.2) is 93.1 Å². The van der Waals surface area contributed by atoms with Gasteiger partial charge in [-0.05, 0) is 33.6 Å². The van der Waals surface area contributed by atoms with Crippen LogP contribution in [0.1, 0.15) is 47.5 Å². The van der Waals surface area contributed by atoms with Crippen molar-refractivity contribution in [1.82, 2.24) is 14.7 Å². The normalized spacial score (nSPS) is 37.1. The van der Waals surface area contributed by atoms with Gasteiger partial charge >= 0.3 is 0 Å². The fraction of sp³-hybridized carbons (Fsp3) is 0.720. The first-order valence-corrected chi connectivity index (χ1v) is 12.0. The van der Waals surface area contributed by atoms with Crippen molar-refractivity contribution in [2.45, 2.75) is 76.3 Å². The van der Waals surface area contributed by atoms with Gasteiger partial charge in [-0.2, -0.15) is 0 Å². The molecule has 8 heteroatoms. The molecule has 2 saturated heterocycles. The third-order valence-electron chi connectivity index (χ3n) is 7.96. The molecule has 1 unspecified atom stereocenters. The van der Waals surface area contributed by atoms with Crippen LogP contribution in [0.3, 0.4) is 0 Å². The second-order valence-electron chi connectivity index (χ2n) is 10.8. The van der Waals surface area contributed by atoms with Gasteiger partial charge in [0.25, 0.3) is 0 Å². The number of carbonyl (C=O) groups is 3. The molecule has 1 spiro atoms. The van der Waals surface area contributed by atoms with Crippen LogP contribution >= 0.6 is 0 Å². The number of hydrogen-bond donors (Lipinski definition) is 1. The Morgan fingerprint density at radius 1 is 1.06 bits per heavy atom. The van der Waals surface area contributed by atoms with Crippen molar-refractivity contribution in [2.75, 3.05) is 26.7 Å². The van der Waals surface area contributed by atoms with Crippen LogP contribution < -0.4 is 0 Å². The maximum Gasteiger partial charge on any atom is 0.249 e. The Morgan fingerprint density at radius 3 is 2.30 bits per heavy atom. The molecular formula is C25H37N3O5. The number of likely N-dealkylation sites (N-methyl/N-ethyl adjacent to an activating group) is 1. The van der Waals surface area contributed by atoms with Crippen LogP contribution in [-0.2, 0) is 19.1 Å². The molecule has 0 saturated carbocycles. The first kappa shape index (κ1) is 24.0. The lowest BCUT2D eigenvalue weighted by molar-refractivity contribution is -0.159. The van der Waals surface area contributed by atoms with Gasteiger partial charge in [0.15, 0.2) is 0 Å². The Morgan fingerprint density at radius 2 is 1.73 bits per heavy atom. The predicted octanol–water partition coefficient (Wildman–Crippen LogP) is 1.34. The van der Waals surface area contributed by atoms with Gasteiger partial charge in [0, 0.05) is 25.7 Å². The maximum absolute atomic E-state index is 14.1. The number of ether oxygens (including phenoxy) is 1. The lowest BCUT2D eigenvalue weighted by Gasteiger charge is -2.43. The lowest BCUT2D eigenvalue weighted by Crippen LogP contribution is -2.61. The maximum atomic E-state index is 14.1. The quantitative estimate of drug-likeness (QED) is 0.641. The zero-order valence-corrected chi connectivity index (χ0v) is 20.6. The molecule has 0 radical (unpaired) electrons. The fourth-order valence-electron chi connectivity index (χ4n) is 6.23. The molecular weight excluding hydrogens is 422 g/mol. The van der Waals surface area contributed by atoms with Crippen molar-refractivity contribution < 1.29 is 24.2 Å². The van der Waals surface area contributed by atoms with Crippen LogP contribution in [0.5, 0.6) is 0 Å². The first-order valence-electron chi connectivity index (χ1n) is 12.0. The van der Waals surface area contributed by atoms with Gasteiger partial charge in [0.05, 0.1) is 30.1 Å². The Bertz CT molecular complexity index is 904. The number of fused-ring (bicyclic) bond motifs is 2. The third kappa shape index (κ3) is 3.21. The molecule has 4 aliphatic rings. The molecule has 4 aliphatic heterocycles. The smallest absolute Gasteiger partial charge is 0.249 e. The number of carbonyl (C=O) groups excluding carboxylic acids is 3. The zero-order valence-electron chi connectivity index (χ0n) is 20.6. The summed E-state index contributed by atoms with van der Waals surface area (Å²) < 4.78 is 6.85. The van der Waals surface area contributed by atoms with Crippen molar-refractivity contribution in [1.29, 1.82) is 0 Å². The largest absolute Gasteiger partial charge is 0.394 e. The molecule has 0 bridgehead atoms. The summed E-state index contributed by atoms with van der Waals surface area (Å²) in [4.78, 5) is 46.8. The van der Waals surface area contributed by atoms with Gasteiger partial charge in [-0.3, -0.25) is 14.4 Å². The highest BCUT2D eigenvalue weighted by atomic mass is 16.5. The summed E-state index contributed by atoms with van der Waals surface area (Å²) >= 11 is 0. The highest BCUT2D eigenvalue weighted by Gasteiger charge is 2.75. The summed E-state index contributed by atoms with van der Waals surface area (Å²) in [6, 6.07) is -1.47. The minimum atomic E-state index is -1.27. The van der Waals surface area contributed by atoms with Gasteiger partial charge in [0.2, 0.25) is 17.7 Å². The average Bonchev–Trinajstić information content (AvgIpc) is 3.05. The number of amides is 3. The Balaban J connectivity index is 1.95. The van der Waals surface area contributed by atoms with Crippen molar-refractivity contribution in [3.63, 3.8) is 0 Å². The molecule has 33 heavy (non-hydrogen) atoms. The van der Waals surface area contributed by atoms with Crippen LogP contribution in [0, 0.1) is 11.8 Å². The van der Waals surface area contributed by atoms with E-state index in [0.717, 1.165) is 0 Å². The lowest BCUT2D eigenvalue weighted by atomic mass is 9.73. The minimum Gasteiger partial charge on any atom is -0.394 e. The van der Waals surface area contributed by atoms with Crippen LogP contribution in [0.2, 0.25) is 0 Å². The third-order valence-corrected chi connectivity index (χ3v) is 7.96. The Kier molecular flexibility index (Phi) is 5.77. The molecule has 0 aliphatic carbocycles. The van der Waals surface area contributed by atoms with Gasteiger partial charge in [-0.1, -0.05) is 38.2 Å². The van der Waals surface area contributed by atoms with Crippen LogP contribution in [0.4, 0.5) is 0 Å². The van der Waals surface area contributed by atoms with E-state index in [1.165, 1.54) is 4.90 Å². The molecule has 6 atom stereocenters. The number of aliphatic hydroxyl groups is 1. The molecule has 182 valence electrons. The van der Waals surface area contributed by atoms with E-state index < -0.39 is 40.7 Å². The van der Waals surface area contributed by atoms with Gasteiger partial charge in [0.1, 0.15) is 11.6 Å². The van der Waals surface area contributed by atoms with E-state index >= 15 is 0 Å². The number of hydrogen-bond acceptors (Lipinski definition) is 5. The number of nitrogens with zero attached hydrogens (tertiary/aromatic N) is 3. The standard InChI is InChI=1S/C25H37N3O5/c1-7-16(15-29)28-19-22(32)27(23(3,4)5)14-10-12-25(19)18(21(28)31)17-20(30)26(6)13-9-11-24(17,8-2)33-25/h9-12,16-19,29H,7-8,13-15H2,1-6H3/t16-,17+,18-,19?,24-,25-/m0/s1. The van der Waals surface area contributed by atoms with Crippen LogP contribution in [0.25, 0.3) is 0 Å². The monoisotopic (exact) mass is 459 g/mol. The molecule has 3 amide bonds. The highest BCUT2D eigenvalue weighted by Crippen LogP contribution is 2.59. The number of likely N-dealkylation sites (tertiary alicyclic amines) is 1. The van der Waals surface area contributed by atoms with Gasteiger partial charge < -0.3 is 24.5 Å². The van der Waals surface area contributed by atoms with Gasteiger partial charge in [-0.15, -0.1) is 0 Å². The minimum absolute atomic E-state index is 0.146. The SMILES string of the molecule is CC[C@@H](CO)N1C(=O)[C@@H]2[C@@H]3C(=O)N(C)CC=C[C@]3(CC)O[C@@]23C=CCN(C(C)(C)C)C(=O)C13. The molecule has 4 rings (SSSR count). The molecule has 1 N–H and O–H groups in total. The fourth-order valence-corrected chi connectivity index (χ4v) is 6.23. The molecule has 0 aromatic rings. The summed E-state index contributed by atoms with van der Waals surface area (Å²) in [5.74, 6) is -2.20. The average molecular weight is 460 g/mol. The second kappa shape index (κ2) is 7.94. The Labute approximate surface area is 196 Å². The van der Waals surface area contributed by atoms with Crippen molar-refractivity contribution >= 4 is 17.7 Å². The molecule has 8 nitrogen and oxygen atoms in total. The molecule has 0 aromatic heterocycles. The van der Waals surface area contributed by atoms with E-state index in [1.54, 1.807) is 16.8 Å². The van der Waals surface area contributed by atoms with E-state index in [0.29, 0.717) is 25.9 Å². The zero-order chi connectivity index (χ0) is 24.3. The van der Waals surface area contributed by atoms with Crippen molar-refractivity contribution in [3.05, 3.63) is 24.3 Å². The topological polar surface area (TPSA) is 90.4 Å². The van der Waals surface area contributed by atoms with E-state index in [9.17, 15) is 19.5 Å². The summed E-state index contributed by atoms with van der Waals surface area (Å²) in [7, 11) is 1.73. The van der Waals surface area contributed by atoms with Crippen molar-refractivity contribution in [3.8, 4) is 0 Å². The second-order valence-corrected chi connectivity index (χ2v) is 10.8. The number of aliphatic hydroxyl groups excluding tert-OH is 1. The summed E-state index contributed by atoms with van der Waals surface area (Å²) in [6.45, 7) is 10.3. The van der Waals surface area contributed by atoms with E-state index in [2.05, 4.69) is 0 Å². The van der Waals surface area contributed by atoms with E-state index in [1.807, 2.05) is 58.9 Å². The highest BCUT2D eigenvalue weighted by molar-refractivity contribution is 6.00. The summed E-state index contributed by atoms with van der Waals surface area (Å²) in [6.07, 6.45) is 8.61. The predicted molar refractivity (Wildman–Crippen MR) is 123 cm³/mol. The summed E-state index contributed by atoms with van der Waals surface area (Å²) in [5.41, 5.74) is -2.70. The van der Waals surface area contributed by atoms with E-state index in [4.69, 9.17) is 4.74 Å². The molecule has 4 heterocycles. The van der Waals surface area contributed by atoms with Crippen molar-refractivity contribution in [2.24, 2.45) is 11.8 Å². The van der Waals surface area contributed by atoms with Crippen LogP contribution in [0.15, 0.2) is 24.3 Å². The number of rotatable bonds is 4.